The lowest BCUT2D eigenvalue weighted by Crippen LogP contribution is -2.22. The van der Waals surface area contributed by atoms with Crippen molar-refractivity contribution in [3.05, 3.63) is 54.0 Å². The smallest absolute Gasteiger partial charge is 0.318 e. The summed E-state index contributed by atoms with van der Waals surface area (Å²) in [5, 5.41) is 5.57. The molecule has 212 valence electrons. The van der Waals surface area contributed by atoms with Crippen molar-refractivity contribution in [1.82, 2.24) is 19.9 Å². The van der Waals surface area contributed by atoms with Crippen LogP contribution in [0.25, 0.3) is 32.9 Å². The van der Waals surface area contributed by atoms with Gasteiger partial charge in [0.1, 0.15) is 23.2 Å². The fraction of sp³-hybridized carbons (Fsp3) is 0.406. The van der Waals surface area contributed by atoms with Gasteiger partial charge in [0.2, 0.25) is 0 Å². The summed E-state index contributed by atoms with van der Waals surface area (Å²) in [4.78, 5) is 15.5. The Bertz CT molecular complexity index is 1600. The van der Waals surface area contributed by atoms with E-state index in [0.29, 0.717) is 34.9 Å². The molecule has 4 atom stereocenters. The molecular weight excluding hydrogens is 522 g/mol. The third-order valence-corrected chi connectivity index (χ3v) is 8.44. The van der Waals surface area contributed by atoms with Crippen molar-refractivity contribution in [2.45, 2.75) is 62.8 Å². The zero-order valence-electron chi connectivity index (χ0n) is 23.1. The number of ether oxygens (including phenoxy) is 1. The number of methoxy groups -OCH3 is 1. The van der Waals surface area contributed by atoms with Gasteiger partial charge in [-0.1, -0.05) is 36.3 Å². The van der Waals surface area contributed by atoms with Crippen molar-refractivity contribution in [2.75, 3.05) is 25.5 Å². The van der Waals surface area contributed by atoms with Crippen molar-refractivity contribution in [1.29, 1.82) is 0 Å². The van der Waals surface area contributed by atoms with Crippen LogP contribution in [0.4, 0.5) is 14.6 Å². The van der Waals surface area contributed by atoms with E-state index in [2.05, 4.69) is 31.1 Å². The van der Waals surface area contributed by atoms with Crippen LogP contribution in [0, 0.1) is 18.2 Å². The maximum absolute atomic E-state index is 15.9. The van der Waals surface area contributed by atoms with Gasteiger partial charge in [-0.2, -0.15) is 9.97 Å². The van der Waals surface area contributed by atoms with Crippen LogP contribution in [0.15, 0.2) is 42.6 Å². The zero-order valence-corrected chi connectivity index (χ0v) is 23.1. The van der Waals surface area contributed by atoms with E-state index < -0.39 is 12.0 Å². The molecule has 41 heavy (non-hydrogen) atoms. The van der Waals surface area contributed by atoms with E-state index in [1.165, 1.54) is 20.0 Å². The maximum Gasteiger partial charge on any atom is 0.318 e. The maximum atomic E-state index is 15.9. The minimum Gasteiger partial charge on any atom is -0.467 e. The molecule has 4 heterocycles. The normalized spacial score (nSPS) is 23.7. The Morgan fingerprint density at radius 3 is 2.68 bits per heavy atom. The average molecular weight is 557 g/mol. The standard InChI is InChI=1S/C25H22FN5O.C7H12FN/c1-3-14-6-4-7-15-8-5-9-18(20(14)15)22-21(26)23-19(13-28-22)24(31-25(30-23)32-2)29-17-11-10-16(27)12-17;8-6-4-7-2-1-3-9(7)5-6/h1,4-9,13,16-17H,10-12,27H2,2H3,(H,29,30,31);6-7H,1-5H2. The summed E-state index contributed by atoms with van der Waals surface area (Å²) in [6.07, 6.45) is 12.8. The van der Waals surface area contributed by atoms with Gasteiger partial charge in [-0.05, 0) is 56.5 Å². The van der Waals surface area contributed by atoms with E-state index in [-0.39, 0.29) is 29.3 Å². The molecule has 3 N–H and O–H groups in total. The molecule has 1 aliphatic carbocycles. The van der Waals surface area contributed by atoms with Crippen molar-refractivity contribution in [3.63, 3.8) is 0 Å². The van der Waals surface area contributed by atoms with Gasteiger partial charge in [0.25, 0.3) is 0 Å². The number of nitrogens with one attached hydrogen (secondary N) is 1. The van der Waals surface area contributed by atoms with Crippen LogP contribution in [0.5, 0.6) is 6.01 Å². The molecule has 3 aliphatic rings. The molecule has 1 saturated carbocycles. The van der Waals surface area contributed by atoms with Crippen LogP contribution in [-0.4, -0.2) is 64.3 Å². The fourth-order valence-corrected chi connectivity index (χ4v) is 6.45. The first-order valence-electron chi connectivity index (χ1n) is 14.2. The summed E-state index contributed by atoms with van der Waals surface area (Å²) in [5.41, 5.74) is 7.66. The summed E-state index contributed by atoms with van der Waals surface area (Å²) in [5.74, 6) is 2.64. The van der Waals surface area contributed by atoms with Crippen molar-refractivity contribution < 1.29 is 13.5 Å². The lowest BCUT2D eigenvalue weighted by molar-refractivity contribution is 0.292. The number of hydrogen-bond donors (Lipinski definition) is 2. The summed E-state index contributed by atoms with van der Waals surface area (Å²) in [7, 11) is 1.46. The Morgan fingerprint density at radius 2 is 1.95 bits per heavy atom. The van der Waals surface area contributed by atoms with Gasteiger partial charge in [-0.25, -0.2) is 8.78 Å². The molecule has 2 aromatic heterocycles. The third kappa shape index (κ3) is 5.42. The van der Waals surface area contributed by atoms with Crippen LogP contribution in [-0.2, 0) is 0 Å². The number of alkyl halides is 1. The molecule has 7 nitrogen and oxygen atoms in total. The minimum atomic E-state index is -0.548. The molecule has 3 fully saturated rings. The summed E-state index contributed by atoms with van der Waals surface area (Å²) < 4.78 is 33.7. The largest absolute Gasteiger partial charge is 0.467 e. The van der Waals surface area contributed by atoms with Gasteiger partial charge in [0, 0.05) is 47.4 Å². The number of hydrogen-bond acceptors (Lipinski definition) is 7. The Balaban J connectivity index is 0.000000283. The summed E-state index contributed by atoms with van der Waals surface area (Å²) >= 11 is 0. The van der Waals surface area contributed by atoms with Crippen molar-refractivity contribution in [2.24, 2.45) is 5.73 Å². The lowest BCUT2D eigenvalue weighted by atomic mass is 9.97. The number of benzene rings is 2. The number of anilines is 1. The number of nitrogens with two attached hydrogens (primary N) is 1. The molecule has 0 bridgehead atoms. The van der Waals surface area contributed by atoms with E-state index in [1.54, 1.807) is 6.20 Å². The van der Waals surface area contributed by atoms with Crippen LogP contribution in [0.3, 0.4) is 0 Å². The third-order valence-electron chi connectivity index (χ3n) is 8.44. The second-order valence-corrected chi connectivity index (χ2v) is 11.1. The highest BCUT2D eigenvalue weighted by atomic mass is 19.1. The molecule has 7 rings (SSSR count). The predicted octanol–water partition coefficient (Wildman–Crippen LogP) is 5.46. The molecule has 4 unspecified atom stereocenters. The van der Waals surface area contributed by atoms with Crippen LogP contribution < -0.4 is 15.8 Å². The minimum absolute atomic E-state index is 0.0839. The molecule has 0 amide bonds. The first-order chi connectivity index (χ1) is 19.9. The Kier molecular flexibility index (Phi) is 7.69. The zero-order chi connectivity index (χ0) is 28.5. The number of fused-ring (bicyclic) bond motifs is 3. The SMILES string of the molecule is C#Cc1cccc2cccc(-c3ncc4c(NC5CCC(N)C5)nc(OC)nc4c3F)c12.FC1CC2CCCN2C1. The van der Waals surface area contributed by atoms with Gasteiger partial charge >= 0.3 is 6.01 Å². The topological polar surface area (TPSA) is 89.2 Å². The summed E-state index contributed by atoms with van der Waals surface area (Å²) in [6.45, 7) is 1.86. The highest BCUT2D eigenvalue weighted by Gasteiger charge is 2.34. The van der Waals surface area contributed by atoms with Crippen LogP contribution >= 0.6 is 0 Å². The predicted molar refractivity (Wildman–Crippen MR) is 158 cm³/mol. The number of nitrogens with zero attached hydrogens (tertiary/aromatic N) is 4. The van der Waals surface area contributed by atoms with E-state index in [0.717, 1.165) is 43.0 Å². The highest BCUT2D eigenvalue weighted by molar-refractivity contribution is 6.01. The molecule has 4 aromatic rings. The van der Waals surface area contributed by atoms with Crippen LogP contribution in [0.2, 0.25) is 0 Å². The second-order valence-electron chi connectivity index (χ2n) is 11.1. The number of rotatable bonds is 4. The Hall–Kier alpha value is -3.87. The van der Waals surface area contributed by atoms with Crippen LogP contribution in [0.1, 0.15) is 44.1 Å². The van der Waals surface area contributed by atoms with Gasteiger partial charge in [-0.15, -0.1) is 6.42 Å². The first-order valence-corrected chi connectivity index (χ1v) is 14.2. The summed E-state index contributed by atoms with van der Waals surface area (Å²) in [6, 6.07) is 12.3. The van der Waals surface area contributed by atoms with E-state index in [4.69, 9.17) is 16.9 Å². The van der Waals surface area contributed by atoms with Gasteiger partial charge in [0.05, 0.1) is 12.5 Å². The molecule has 2 saturated heterocycles. The van der Waals surface area contributed by atoms with Gasteiger partial charge in [0.15, 0.2) is 5.82 Å². The molecule has 9 heteroatoms. The number of terminal acetylenes is 1. The highest BCUT2D eigenvalue weighted by Crippen LogP contribution is 2.36. The quantitative estimate of drug-likeness (QED) is 0.323. The van der Waals surface area contributed by atoms with E-state index in [9.17, 15) is 4.39 Å². The average Bonchev–Trinajstić information content (AvgIpc) is 3.69. The monoisotopic (exact) mass is 556 g/mol. The fourth-order valence-electron chi connectivity index (χ4n) is 6.45. The molecule has 0 radical (unpaired) electrons. The van der Waals surface area contributed by atoms with E-state index >= 15 is 4.39 Å². The molecule has 2 aliphatic heterocycles. The molecule has 0 spiro atoms. The van der Waals surface area contributed by atoms with E-state index in [1.807, 2.05) is 36.4 Å². The lowest BCUT2D eigenvalue weighted by Gasteiger charge is -2.16. The number of halogens is 2. The second kappa shape index (κ2) is 11.6. The first kappa shape index (κ1) is 27.3. The Morgan fingerprint density at radius 1 is 1.12 bits per heavy atom. The molecule has 2 aromatic carbocycles. The Labute approximate surface area is 238 Å². The van der Waals surface area contributed by atoms with Gasteiger partial charge < -0.3 is 15.8 Å². The molecular formula is C32H34F2N6O. The number of aromatic nitrogens is 3. The van der Waals surface area contributed by atoms with Gasteiger partial charge in [-0.3, -0.25) is 9.88 Å². The van der Waals surface area contributed by atoms with Crippen molar-refractivity contribution in [3.8, 4) is 29.6 Å². The van der Waals surface area contributed by atoms with Crippen molar-refractivity contribution >= 4 is 27.5 Å². The number of pyridine rings is 1.